The van der Waals surface area contributed by atoms with Gasteiger partial charge in [-0.3, -0.25) is 0 Å². The van der Waals surface area contributed by atoms with Crippen LogP contribution in [0.25, 0.3) is 0 Å². The van der Waals surface area contributed by atoms with Crippen LogP contribution in [0.5, 0.6) is 0 Å². The normalized spacial score (nSPS) is 13.0. The van der Waals surface area contributed by atoms with Crippen molar-refractivity contribution in [2.45, 2.75) is 93.4 Å². The van der Waals surface area contributed by atoms with Crippen LogP contribution in [-0.2, 0) is 0 Å². The number of unbranched alkanes of at least 4 members (excludes halogenated alkanes) is 2. The quantitative estimate of drug-likeness (QED) is 0.498. The summed E-state index contributed by atoms with van der Waals surface area (Å²) in [4.78, 5) is 0. The standard InChI is InChI=1S/C5H10.C5H12.C3H8.C2H6/c1-5-3-2-4-5;1-3-5-4-2;1-3-2;1-2/h5H,2-4H2,1H3;3-5H2,1-2H3;3H2,1-2H3;1-2H3. The number of hydrogen-bond acceptors (Lipinski definition) is 0. The third kappa shape index (κ3) is 31.5. The van der Waals surface area contributed by atoms with Crippen molar-refractivity contribution >= 4 is 0 Å². The molecule has 0 aromatic rings. The lowest BCUT2D eigenvalue weighted by atomic mass is 9.88. The predicted octanol–water partition coefficient (Wildman–Crippen LogP) is 6.45. The molecule has 0 bridgehead atoms. The second kappa shape index (κ2) is 23.7. The SMILES string of the molecule is CC.CC1CCC1.CCC.CCCCC. The van der Waals surface area contributed by atoms with Crippen LogP contribution in [0.15, 0.2) is 0 Å². The molecule has 1 aliphatic rings. The third-order valence-electron chi connectivity index (χ3n) is 2.10. The monoisotopic (exact) mass is 216 g/mol. The summed E-state index contributed by atoms with van der Waals surface area (Å²) < 4.78 is 0. The fourth-order valence-corrected chi connectivity index (χ4v) is 0.966. The maximum absolute atomic E-state index is 2.31. The largest absolute Gasteiger partial charge is 0.0683 e. The maximum Gasteiger partial charge on any atom is -0.0443 e. The van der Waals surface area contributed by atoms with E-state index in [-0.39, 0.29) is 0 Å². The molecule has 0 N–H and O–H groups in total. The minimum Gasteiger partial charge on any atom is -0.0683 e. The molecular formula is C15H36. The predicted molar refractivity (Wildman–Crippen MR) is 75.5 cm³/mol. The van der Waals surface area contributed by atoms with E-state index in [0.29, 0.717) is 0 Å². The number of hydrogen-bond donors (Lipinski definition) is 0. The van der Waals surface area contributed by atoms with Crippen molar-refractivity contribution < 1.29 is 0 Å². The molecule has 0 atom stereocenters. The van der Waals surface area contributed by atoms with Crippen LogP contribution in [0.2, 0.25) is 0 Å². The molecule has 0 aromatic carbocycles. The molecule has 96 valence electrons. The third-order valence-corrected chi connectivity index (χ3v) is 2.10. The number of rotatable bonds is 2. The summed E-state index contributed by atoms with van der Waals surface area (Å²) in [6, 6.07) is 0. The summed E-state index contributed by atoms with van der Waals surface area (Å²) in [5.41, 5.74) is 0. The Morgan fingerprint density at radius 3 is 1.13 bits per heavy atom. The molecule has 0 spiro atoms. The van der Waals surface area contributed by atoms with E-state index in [4.69, 9.17) is 0 Å². The first kappa shape index (κ1) is 20.4. The average molecular weight is 216 g/mol. The highest BCUT2D eigenvalue weighted by atomic mass is 14.1. The molecule has 1 saturated carbocycles. The maximum atomic E-state index is 2.31. The Labute approximate surface area is 99.9 Å². The van der Waals surface area contributed by atoms with Crippen molar-refractivity contribution in [3.8, 4) is 0 Å². The Bertz CT molecular complexity index is 60.4. The minimum absolute atomic E-state index is 1.06. The molecule has 1 rings (SSSR count). The molecular weight excluding hydrogens is 180 g/mol. The van der Waals surface area contributed by atoms with Crippen LogP contribution in [0.1, 0.15) is 93.4 Å². The van der Waals surface area contributed by atoms with Crippen molar-refractivity contribution in [1.29, 1.82) is 0 Å². The van der Waals surface area contributed by atoms with Gasteiger partial charge in [-0.05, 0) is 5.92 Å². The molecule has 1 aliphatic carbocycles. The van der Waals surface area contributed by atoms with Crippen molar-refractivity contribution in [3.63, 3.8) is 0 Å². The van der Waals surface area contributed by atoms with E-state index in [0.717, 1.165) is 5.92 Å². The zero-order chi connectivity index (χ0) is 12.5. The molecule has 0 aromatic heterocycles. The van der Waals surface area contributed by atoms with Gasteiger partial charge < -0.3 is 0 Å². The van der Waals surface area contributed by atoms with Crippen LogP contribution in [0.4, 0.5) is 0 Å². The summed E-state index contributed by atoms with van der Waals surface area (Å²) in [6.07, 6.45) is 9.79. The topological polar surface area (TPSA) is 0 Å². The van der Waals surface area contributed by atoms with Gasteiger partial charge in [0.15, 0.2) is 0 Å². The average Bonchev–Trinajstić information content (AvgIpc) is 2.21. The molecule has 0 saturated heterocycles. The fraction of sp³-hybridized carbons (Fsp3) is 1.00. The highest BCUT2D eigenvalue weighted by Crippen LogP contribution is 2.24. The first-order chi connectivity index (χ1) is 7.22. The second-order valence-electron chi connectivity index (χ2n) is 4.10. The molecule has 0 nitrogen and oxygen atoms in total. The van der Waals surface area contributed by atoms with Crippen LogP contribution in [-0.4, -0.2) is 0 Å². The zero-order valence-electron chi connectivity index (χ0n) is 12.5. The van der Waals surface area contributed by atoms with Crippen LogP contribution < -0.4 is 0 Å². The smallest absolute Gasteiger partial charge is 0.0443 e. The van der Waals surface area contributed by atoms with Gasteiger partial charge in [-0.25, -0.2) is 0 Å². The van der Waals surface area contributed by atoms with Gasteiger partial charge in [0.2, 0.25) is 0 Å². The molecule has 0 aliphatic heterocycles. The molecule has 0 unspecified atom stereocenters. The van der Waals surface area contributed by atoms with Crippen molar-refractivity contribution in [3.05, 3.63) is 0 Å². The first-order valence-corrected chi connectivity index (χ1v) is 7.22. The lowest BCUT2D eigenvalue weighted by Gasteiger charge is -2.18. The van der Waals surface area contributed by atoms with E-state index in [2.05, 4.69) is 34.6 Å². The van der Waals surface area contributed by atoms with Crippen molar-refractivity contribution in [2.75, 3.05) is 0 Å². The summed E-state index contributed by atoms with van der Waals surface area (Å²) in [6.45, 7) is 15.0. The lowest BCUT2D eigenvalue weighted by molar-refractivity contribution is 0.346. The minimum atomic E-state index is 1.06. The molecule has 0 heterocycles. The van der Waals surface area contributed by atoms with Gasteiger partial charge in [-0.2, -0.15) is 0 Å². The Morgan fingerprint density at radius 1 is 0.867 bits per heavy atom. The molecule has 1 fully saturated rings. The lowest BCUT2D eigenvalue weighted by Crippen LogP contribution is -2.04. The molecule has 0 heteroatoms. The first-order valence-electron chi connectivity index (χ1n) is 7.22. The molecule has 15 heavy (non-hydrogen) atoms. The van der Waals surface area contributed by atoms with Crippen LogP contribution in [0, 0.1) is 5.92 Å². The van der Waals surface area contributed by atoms with E-state index in [1.54, 1.807) is 0 Å². The van der Waals surface area contributed by atoms with E-state index in [1.165, 1.54) is 44.9 Å². The Hall–Kier alpha value is 0. The summed E-state index contributed by atoms with van der Waals surface area (Å²) in [5, 5.41) is 0. The molecule has 0 amide bonds. The van der Waals surface area contributed by atoms with Crippen molar-refractivity contribution in [1.82, 2.24) is 0 Å². The fourth-order valence-electron chi connectivity index (χ4n) is 0.966. The van der Waals surface area contributed by atoms with E-state index < -0.39 is 0 Å². The highest BCUT2D eigenvalue weighted by molar-refractivity contribution is 4.62. The van der Waals surface area contributed by atoms with Gasteiger partial charge in [-0.1, -0.05) is 93.4 Å². The van der Waals surface area contributed by atoms with Gasteiger partial charge in [0.05, 0.1) is 0 Å². The van der Waals surface area contributed by atoms with E-state index in [9.17, 15) is 0 Å². The summed E-state index contributed by atoms with van der Waals surface area (Å²) in [7, 11) is 0. The zero-order valence-corrected chi connectivity index (χ0v) is 12.5. The summed E-state index contributed by atoms with van der Waals surface area (Å²) >= 11 is 0. The van der Waals surface area contributed by atoms with Gasteiger partial charge in [-0.15, -0.1) is 0 Å². The van der Waals surface area contributed by atoms with E-state index in [1.807, 2.05) is 13.8 Å². The van der Waals surface area contributed by atoms with Gasteiger partial charge >= 0.3 is 0 Å². The Kier molecular flexibility index (Phi) is 32.2. The van der Waals surface area contributed by atoms with Crippen molar-refractivity contribution in [2.24, 2.45) is 5.92 Å². The summed E-state index contributed by atoms with van der Waals surface area (Å²) in [5.74, 6) is 1.06. The van der Waals surface area contributed by atoms with Crippen LogP contribution in [0.3, 0.4) is 0 Å². The Morgan fingerprint density at radius 2 is 1.13 bits per heavy atom. The van der Waals surface area contributed by atoms with Crippen LogP contribution >= 0.6 is 0 Å². The Balaban J connectivity index is -0.000000137. The van der Waals surface area contributed by atoms with E-state index >= 15 is 0 Å². The van der Waals surface area contributed by atoms with Gasteiger partial charge in [0.25, 0.3) is 0 Å². The molecule has 0 radical (unpaired) electrons. The highest BCUT2D eigenvalue weighted by Gasteiger charge is 2.09. The van der Waals surface area contributed by atoms with Gasteiger partial charge in [0.1, 0.15) is 0 Å². The van der Waals surface area contributed by atoms with Gasteiger partial charge in [0, 0.05) is 0 Å². The second-order valence-corrected chi connectivity index (χ2v) is 4.10.